The SMILES string of the molecule is C/C=C(/C=O)NCC/C(=C/C)S/C(=C\C)C(=O)c1c(F)c(F)c(F)c(F)c1F.CC. The lowest BCUT2D eigenvalue weighted by molar-refractivity contribution is -0.105. The summed E-state index contributed by atoms with van der Waals surface area (Å²) in [7, 11) is 0. The minimum absolute atomic E-state index is 0.196. The third kappa shape index (κ3) is 6.83. The van der Waals surface area contributed by atoms with E-state index in [2.05, 4.69) is 5.32 Å². The summed E-state index contributed by atoms with van der Waals surface area (Å²) in [5.41, 5.74) is -1.13. The molecule has 9 heteroatoms. The minimum Gasteiger partial charge on any atom is -0.382 e. The highest BCUT2D eigenvalue weighted by atomic mass is 32.2. The molecule has 0 unspecified atom stereocenters. The number of carbonyl (C=O) groups is 2. The first-order valence-corrected chi connectivity index (χ1v) is 9.95. The van der Waals surface area contributed by atoms with Gasteiger partial charge < -0.3 is 5.32 Å². The predicted molar refractivity (Wildman–Crippen MR) is 109 cm³/mol. The summed E-state index contributed by atoms with van der Waals surface area (Å²) in [4.78, 5) is 23.6. The number of hydrogen-bond acceptors (Lipinski definition) is 4. The average molecular weight is 449 g/mol. The molecule has 0 aliphatic rings. The van der Waals surface area contributed by atoms with Crippen LogP contribution in [-0.4, -0.2) is 18.6 Å². The maximum Gasteiger partial charge on any atom is 0.205 e. The highest BCUT2D eigenvalue weighted by Gasteiger charge is 2.31. The fourth-order valence-corrected chi connectivity index (χ4v) is 3.02. The number of halogens is 5. The monoisotopic (exact) mass is 449 g/mol. The van der Waals surface area contributed by atoms with Crippen LogP contribution in [0, 0.1) is 29.1 Å². The number of nitrogens with one attached hydrogen (secondary N) is 1. The minimum atomic E-state index is -2.32. The largest absolute Gasteiger partial charge is 0.382 e. The zero-order valence-electron chi connectivity index (χ0n) is 17.3. The molecule has 1 aromatic rings. The van der Waals surface area contributed by atoms with E-state index in [0.29, 0.717) is 29.9 Å². The van der Waals surface area contributed by atoms with E-state index in [1.54, 1.807) is 26.0 Å². The van der Waals surface area contributed by atoms with Crippen molar-refractivity contribution in [3.05, 3.63) is 68.4 Å². The Morgan fingerprint density at radius 1 is 0.867 bits per heavy atom. The van der Waals surface area contributed by atoms with Crippen molar-refractivity contribution < 1.29 is 31.5 Å². The van der Waals surface area contributed by atoms with Gasteiger partial charge in [0.25, 0.3) is 0 Å². The molecule has 1 aromatic carbocycles. The third-order valence-corrected chi connectivity index (χ3v) is 4.97. The molecule has 0 bridgehead atoms. The van der Waals surface area contributed by atoms with Gasteiger partial charge in [0.2, 0.25) is 11.6 Å². The Bertz CT molecular complexity index is 834. The van der Waals surface area contributed by atoms with E-state index in [1.165, 1.54) is 13.0 Å². The number of ketones is 1. The topological polar surface area (TPSA) is 46.2 Å². The Labute approximate surface area is 177 Å². The molecule has 0 radical (unpaired) electrons. The van der Waals surface area contributed by atoms with Gasteiger partial charge >= 0.3 is 0 Å². The molecule has 0 amide bonds. The molecule has 3 nitrogen and oxygen atoms in total. The summed E-state index contributed by atoms with van der Waals surface area (Å²) in [6, 6.07) is 0. The van der Waals surface area contributed by atoms with Gasteiger partial charge in [-0.3, -0.25) is 9.59 Å². The first-order valence-electron chi connectivity index (χ1n) is 9.14. The number of allylic oxidation sites excluding steroid dienone is 5. The normalized spacial score (nSPS) is 12.3. The van der Waals surface area contributed by atoms with Gasteiger partial charge in [0.05, 0.1) is 10.6 Å². The van der Waals surface area contributed by atoms with E-state index in [4.69, 9.17) is 0 Å². The van der Waals surface area contributed by atoms with Gasteiger partial charge in [-0.15, -0.1) is 0 Å². The molecule has 1 rings (SSSR count). The summed E-state index contributed by atoms with van der Waals surface area (Å²) in [6.07, 6.45) is 5.42. The maximum atomic E-state index is 13.9. The molecule has 0 aliphatic carbocycles. The summed E-state index contributed by atoms with van der Waals surface area (Å²) in [6.45, 7) is 9.07. The van der Waals surface area contributed by atoms with Crippen LogP contribution in [-0.2, 0) is 4.79 Å². The number of hydrogen-bond donors (Lipinski definition) is 1. The lowest BCUT2D eigenvalue weighted by atomic mass is 10.1. The highest BCUT2D eigenvalue weighted by molar-refractivity contribution is 8.07. The quantitative estimate of drug-likeness (QED) is 0.122. The summed E-state index contributed by atoms with van der Waals surface area (Å²) in [5, 5.41) is 2.85. The van der Waals surface area contributed by atoms with E-state index in [-0.39, 0.29) is 4.91 Å². The maximum absolute atomic E-state index is 13.9. The Kier molecular flexibility index (Phi) is 12.6. The molecule has 0 atom stereocenters. The predicted octanol–water partition coefficient (Wildman–Crippen LogP) is 6.21. The number of aldehydes is 1. The Morgan fingerprint density at radius 3 is 1.77 bits per heavy atom. The Morgan fingerprint density at radius 2 is 1.37 bits per heavy atom. The van der Waals surface area contributed by atoms with Crippen LogP contribution < -0.4 is 5.32 Å². The standard InChI is InChI=1S/C19H18F5NO2S.C2H6/c1-4-10(9-26)25-8-7-11(5-2)28-12(6-3)19(27)13-14(20)16(22)18(24)17(23)15(13)21;1-2/h4-6,9,25H,7-8H2,1-3H3;1-2H3/b10-4-,11-5-,12-6-;. The van der Waals surface area contributed by atoms with Crippen molar-refractivity contribution in [3.63, 3.8) is 0 Å². The summed E-state index contributed by atoms with van der Waals surface area (Å²) < 4.78 is 67.7. The number of carbonyl (C=O) groups excluding carboxylic acids is 2. The number of rotatable bonds is 9. The molecule has 0 aromatic heterocycles. The van der Waals surface area contributed by atoms with Gasteiger partial charge in [0.1, 0.15) is 5.56 Å². The van der Waals surface area contributed by atoms with Gasteiger partial charge in [-0.05, 0) is 32.1 Å². The Hall–Kier alpha value is -2.42. The second-order valence-corrected chi connectivity index (χ2v) is 6.49. The number of Topliss-reactive ketones (excluding diaryl/α,β-unsaturated/α-hetero) is 1. The molecule has 1 N–H and O–H groups in total. The molecule has 0 saturated heterocycles. The van der Waals surface area contributed by atoms with Crippen LogP contribution in [0.5, 0.6) is 0 Å². The molecule has 0 fully saturated rings. The molecule has 0 saturated carbocycles. The lowest BCUT2D eigenvalue weighted by Crippen LogP contribution is -2.16. The third-order valence-electron chi connectivity index (χ3n) is 3.62. The smallest absolute Gasteiger partial charge is 0.205 e. The molecule has 166 valence electrons. The summed E-state index contributed by atoms with van der Waals surface area (Å²) >= 11 is 0.846. The van der Waals surface area contributed by atoms with Crippen molar-refractivity contribution in [2.24, 2.45) is 0 Å². The van der Waals surface area contributed by atoms with Crippen molar-refractivity contribution in [2.75, 3.05) is 6.54 Å². The zero-order valence-corrected chi connectivity index (χ0v) is 18.2. The molecule has 0 heterocycles. The van der Waals surface area contributed by atoms with Crippen molar-refractivity contribution in [1.82, 2.24) is 5.32 Å². The van der Waals surface area contributed by atoms with E-state index in [0.717, 1.165) is 11.8 Å². The first-order chi connectivity index (χ1) is 14.2. The fraction of sp³-hybridized carbons (Fsp3) is 0.333. The summed E-state index contributed by atoms with van der Waals surface area (Å²) in [5.74, 6) is -12.3. The molecule has 0 aliphatic heterocycles. The van der Waals surface area contributed by atoms with E-state index in [1.807, 2.05) is 13.8 Å². The van der Waals surface area contributed by atoms with Crippen LogP contribution in [0.15, 0.2) is 33.7 Å². The average Bonchev–Trinajstić information content (AvgIpc) is 2.77. The highest BCUT2D eigenvalue weighted by Crippen LogP contribution is 2.33. The second-order valence-electron chi connectivity index (χ2n) is 5.32. The molecule has 0 spiro atoms. The van der Waals surface area contributed by atoms with E-state index < -0.39 is 40.4 Å². The van der Waals surface area contributed by atoms with Gasteiger partial charge in [-0.25, -0.2) is 22.0 Å². The lowest BCUT2D eigenvalue weighted by Gasteiger charge is -2.12. The van der Waals surface area contributed by atoms with Gasteiger partial charge in [-0.2, -0.15) is 0 Å². The fourth-order valence-electron chi connectivity index (χ4n) is 2.10. The molecular weight excluding hydrogens is 425 g/mol. The van der Waals surface area contributed by atoms with Gasteiger partial charge in [0, 0.05) is 6.54 Å². The van der Waals surface area contributed by atoms with Crippen LogP contribution in [0.25, 0.3) is 0 Å². The van der Waals surface area contributed by atoms with Crippen LogP contribution in [0.2, 0.25) is 0 Å². The second kappa shape index (κ2) is 13.7. The Balaban J connectivity index is 0.00000407. The van der Waals surface area contributed by atoms with Crippen molar-refractivity contribution in [2.45, 2.75) is 41.0 Å². The van der Waals surface area contributed by atoms with Crippen LogP contribution in [0.4, 0.5) is 22.0 Å². The van der Waals surface area contributed by atoms with Gasteiger partial charge in [0.15, 0.2) is 29.6 Å². The van der Waals surface area contributed by atoms with E-state index >= 15 is 0 Å². The first kappa shape index (κ1) is 27.6. The zero-order chi connectivity index (χ0) is 23.4. The van der Waals surface area contributed by atoms with E-state index in [9.17, 15) is 31.5 Å². The van der Waals surface area contributed by atoms with Crippen LogP contribution >= 0.6 is 11.8 Å². The van der Waals surface area contributed by atoms with Crippen LogP contribution in [0.3, 0.4) is 0 Å². The number of thioether (sulfide) groups is 1. The van der Waals surface area contributed by atoms with Crippen molar-refractivity contribution >= 4 is 23.8 Å². The molecule has 30 heavy (non-hydrogen) atoms. The van der Waals surface area contributed by atoms with Crippen molar-refractivity contribution in [1.29, 1.82) is 0 Å². The van der Waals surface area contributed by atoms with Crippen molar-refractivity contribution in [3.8, 4) is 0 Å². The molecular formula is C21H24F5NO2S. The van der Waals surface area contributed by atoms with Gasteiger partial charge in [-0.1, -0.05) is 43.8 Å². The van der Waals surface area contributed by atoms with Crippen LogP contribution in [0.1, 0.15) is 51.4 Å². The number of benzene rings is 1.